The molecule has 30 heavy (non-hydrogen) atoms. The first kappa shape index (κ1) is 20.3. The van der Waals surface area contributed by atoms with Gasteiger partial charge >= 0.3 is 0 Å². The monoisotopic (exact) mass is 424 g/mol. The van der Waals surface area contributed by atoms with Crippen LogP contribution in [0.5, 0.6) is 0 Å². The maximum absolute atomic E-state index is 12.8. The lowest BCUT2D eigenvalue weighted by molar-refractivity contribution is 0.0945. The molecule has 2 aromatic heterocycles. The molecule has 8 heteroatoms. The van der Waals surface area contributed by atoms with E-state index in [9.17, 15) is 13.2 Å². The summed E-state index contributed by atoms with van der Waals surface area (Å²) >= 11 is 0. The zero-order valence-corrected chi connectivity index (χ0v) is 17.8. The first-order chi connectivity index (χ1) is 14.3. The molecule has 4 rings (SSSR count). The summed E-state index contributed by atoms with van der Waals surface area (Å²) in [5.74, 6) is -0.112. The lowest BCUT2D eigenvalue weighted by atomic mass is 10.0. The van der Waals surface area contributed by atoms with Crippen molar-refractivity contribution in [2.24, 2.45) is 0 Å². The van der Waals surface area contributed by atoms with Crippen molar-refractivity contribution >= 4 is 15.7 Å². The van der Waals surface area contributed by atoms with E-state index >= 15 is 0 Å². The molecular weight excluding hydrogens is 400 g/mol. The normalized spacial score (nSPS) is 17.7. The summed E-state index contributed by atoms with van der Waals surface area (Å²) in [6.07, 6.45) is 3.87. The highest BCUT2D eigenvalue weighted by Crippen LogP contribution is 2.31. The molecule has 3 aromatic rings. The van der Waals surface area contributed by atoms with Crippen LogP contribution in [0.2, 0.25) is 0 Å². The number of pyridine rings is 1. The molecule has 0 spiro atoms. The van der Waals surface area contributed by atoms with Gasteiger partial charge in [0.1, 0.15) is 0 Å². The number of carbonyl (C=O) groups excluding carboxylic acids is 1. The average molecular weight is 425 g/mol. The molecular formula is C22H24N4O3S. The number of carbonyl (C=O) groups is 1. The van der Waals surface area contributed by atoms with Gasteiger partial charge in [-0.3, -0.25) is 14.5 Å². The molecule has 0 saturated carbocycles. The summed E-state index contributed by atoms with van der Waals surface area (Å²) in [7, 11) is -3.08. The third-order valence-corrected chi connectivity index (χ3v) is 7.25. The molecule has 1 aliphatic heterocycles. The van der Waals surface area contributed by atoms with Crippen LogP contribution in [0.15, 0.2) is 48.8 Å². The number of aromatic nitrogens is 3. The molecule has 3 heterocycles. The largest absolute Gasteiger partial charge is 0.347 e. The van der Waals surface area contributed by atoms with Crippen molar-refractivity contribution in [1.29, 1.82) is 0 Å². The minimum atomic E-state index is -3.08. The number of benzene rings is 1. The summed E-state index contributed by atoms with van der Waals surface area (Å²) in [5.41, 5.74) is 5.13. The third kappa shape index (κ3) is 4.28. The fourth-order valence-corrected chi connectivity index (χ4v) is 5.34. The fraction of sp³-hybridized carbons (Fsp3) is 0.318. The Morgan fingerprint density at radius 1 is 1.20 bits per heavy atom. The van der Waals surface area contributed by atoms with Gasteiger partial charge in [-0.1, -0.05) is 18.2 Å². The lowest BCUT2D eigenvalue weighted by Crippen LogP contribution is -2.24. The zero-order chi connectivity index (χ0) is 21.3. The molecule has 156 valence electrons. The van der Waals surface area contributed by atoms with Gasteiger partial charge in [0.2, 0.25) is 0 Å². The van der Waals surface area contributed by atoms with Crippen molar-refractivity contribution < 1.29 is 13.2 Å². The minimum Gasteiger partial charge on any atom is -0.347 e. The number of hydrogen-bond donors (Lipinski definition) is 1. The van der Waals surface area contributed by atoms with Crippen LogP contribution in [0.3, 0.4) is 0 Å². The number of nitrogens with zero attached hydrogens (tertiary/aromatic N) is 3. The quantitative estimate of drug-likeness (QED) is 0.680. The molecule has 0 bridgehead atoms. The molecule has 1 fully saturated rings. The predicted molar refractivity (Wildman–Crippen MR) is 115 cm³/mol. The fourth-order valence-electron chi connectivity index (χ4n) is 3.64. The van der Waals surface area contributed by atoms with Crippen molar-refractivity contribution in [2.45, 2.75) is 32.9 Å². The SMILES string of the molecule is Cc1ccc(-c2cc(C(=O)NCc3cccnc3)nn2[C@H]2CCS(=O)(=O)C2)cc1C. The molecule has 0 radical (unpaired) electrons. The van der Waals surface area contributed by atoms with Crippen LogP contribution in [0.25, 0.3) is 11.3 Å². The minimum absolute atomic E-state index is 0.0449. The third-order valence-electron chi connectivity index (χ3n) is 5.50. The first-order valence-corrected chi connectivity index (χ1v) is 11.7. The highest BCUT2D eigenvalue weighted by Gasteiger charge is 2.32. The summed E-state index contributed by atoms with van der Waals surface area (Å²) in [6, 6.07) is 11.2. The maximum Gasteiger partial charge on any atom is 0.272 e. The second-order valence-electron chi connectivity index (χ2n) is 7.76. The van der Waals surface area contributed by atoms with Crippen LogP contribution >= 0.6 is 0 Å². The van der Waals surface area contributed by atoms with E-state index in [0.29, 0.717) is 13.0 Å². The summed E-state index contributed by atoms with van der Waals surface area (Å²) < 4.78 is 25.8. The van der Waals surface area contributed by atoms with Gasteiger partial charge < -0.3 is 5.32 Å². The van der Waals surface area contributed by atoms with E-state index < -0.39 is 9.84 Å². The number of sulfone groups is 1. The molecule has 1 N–H and O–H groups in total. The van der Waals surface area contributed by atoms with Gasteiger partial charge in [-0.2, -0.15) is 5.10 Å². The van der Waals surface area contributed by atoms with Gasteiger partial charge in [-0.05, 0) is 55.2 Å². The Kier molecular flexibility index (Phi) is 5.42. The van der Waals surface area contributed by atoms with Crippen molar-refractivity contribution in [1.82, 2.24) is 20.1 Å². The summed E-state index contributed by atoms with van der Waals surface area (Å²) in [5, 5.41) is 7.38. The molecule has 0 aliphatic carbocycles. The average Bonchev–Trinajstić information content (AvgIpc) is 3.32. The summed E-state index contributed by atoms with van der Waals surface area (Å²) in [6.45, 7) is 4.41. The molecule has 1 aliphatic rings. The molecule has 1 amide bonds. The van der Waals surface area contributed by atoms with Gasteiger partial charge in [-0.25, -0.2) is 8.42 Å². The molecule has 7 nitrogen and oxygen atoms in total. The van der Waals surface area contributed by atoms with E-state index in [2.05, 4.69) is 15.4 Å². The first-order valence-electron chi connectivity index (χ1n) is 9.87. The van der Waals surface area contributed by atoms with Gasteiger partial charge in [0.05, 0.1) is 23.2 Å². The maximum atomic E-state index is 12.8. The Labute approximate surface area is 176 Å². The molecule has 1 saturated heterocycles. The predicted octanol–water partition coefficient (Wildman–Crippen LogP) is 2.85. The van der Waals surface area contributed by atoms with Crippen molar-refractivity contribution in [3.8, 4) is 11.3 Å². The van der Waals surface area contributed by atoms with Crippen LogP contribution in [0.1, 0.15) is 39.6 Å². The van der Waals surface area contributed by atoms with Gasteiger partial charge in [-0.15, -0.1) is 0 Å². The van der Waals surface area contributed by atoms with E-state index in [1.807, 2.05) is 44.2 Å². The zero-order valence-electron chi connectivity index (χ0n) is 17.0. The van der Waals surface area contributed by atoms with E-state index in [-0.39, 0.29) is 29.1 Å². The number of aryl methyl sites for hydroxylation is 2. The van der Waals surface area contributed by atoms with Crippen LogP contribution in [0, 0.1) is 13.8 Å². The van der Waals surface area contributed by atoms with Crippen molar-refractivity contribution in [3.05, 3.63) is 71.2 Å². The number of amides is 1. The van der Waals surface area contributed by atoms with E-state index in [0.717, 1.165) is 22.4 Å². The Morgan fingerprint density at radius 2 is 2.03 bits per heavy atom. The van der Waals surface area contributed by atoms with E-state index in [4.69, 9.17) is 0 Å². The Bertz CT molecular complexity index is 1190. The number of hydrogen-bond acceptors (Lipinski definition) is 5. The highest BCUT2D eigenvalue weighted by molar-refractivity contribution is 7.91. The van der Waals surface area contributed by atoms with Crippen molar-refractivity contribution in [3.63, 3.8) is 0 Å². The molecule has 1 atom stereocenters. The lowest BCUT2D eigenvalue weighted by Gasteiger charge is -2.14. The Balaban J connectivity index is 1.66. The standard InChI is InChI=1S/C22H24N4O3S/c1-15-5-6-18(10-16(15)2)21-11-20(22(27)24-13-17-4-3-8-23-12-17)25-26(21)19-7-9-30(28,29)14-19/h3-6,8,10-12,19H,7,9,13-14H2,1-2H3,(H,24,27)/t19-/m0/s1. The van der Waals surface area contributed by atoms with E-state index in [1.54, 1.807) is 23.1 Å². The molecule has 1 aromatic carbocycles. The van der Waals surface area contributed by atoms with Crippen LogP contribution in [0.4, 0.5) is 0 Å². The van der Waals surface area contributed by atoms with Crippen LogP contribution in [-0.4, -0.2) is 40.6 Å². The smallest absolute Gasteiger partial charge is 0.272 e. The van der Waals surface area contributed by atoms with Crippen molar-refractivity contribution in [2.75, 3.05) is 11.5 Å². The van der Waals surface area contributed by atoms with Crippen LogP contribution in [-0.2, 0) is 16.4 Å². The highest BCUT2D eigenvalue weighted by atomic mass is 32.2. The Morgan fingerprint density at radius 3 is 2.70 bits per heavy atom. The van der Waals surface area contributed by atoms with Crippen LogP contribution < -0.4 is 5.32 Å². The van der Waals surface area contributed by atoms with E-state index in [1.165, 1.54) is 5.56 Å². The topological polar surface area (TPSA) is 93.9 Å². The molecule has 0 unspecified atom stereocenters. The number of nitrogens with one attached hydrogen (secondary N) is 1. The summed E-state index contributed by atoms with van der Waals surface area (Å²) in [4.78, 5) is 16.8. The van der Waals surface area contributed by atoms with Gasteiger partial charge in [0.15, 0.2) is 15.5 Å². The van der Waals surface area contributed by atoms with Gasteiger partial charge in [0.25, 0.3) is 5.91 Å². The Hall–Kier alpha value is -3.00. The number of rotatable bonds is 5. The second kappa shape index (κ2) is 8.02. The second-order valence-corrected chi connectivity index (χ2v) is 9.99. The van der Waals surface area contributed by atoms with Gasteiger partial charge in [0, 0.05) is 24.5 Å².